The van der Waals surface area contributed by atoms with Crippen molar-refractivity contribution in [2.24, 2.45) is 5.41 Å². The second kappa shape index (κ2) is 10.3. The number of amides is 1. The highest BCUT2D eigenvalue weighted by Gasteiger charge is 2.54. The standard InChI is InChI=1S/C34H38N6O2/c1-4-30(41)39-19-34(20-39)21-40(22-34)32-26-13-15-38(29-12-6-10-24-9-5-8-23(2)31(24)29)17-28(26)36-33(27(32)16-35)42-18-25-11-7-14-37(25)3/h4-6,8-10,12,25H,1,7,11,13-15,17-22H2,2-3H3. The molecule has 4 aliphatic heterocycles. The molecule has 0 aliphatic carbocycles. The minimum absolute atomic E-state index is 0.00518. The Kier molecular flexibility index (Phi) is 6.58. The molecule has 1 unspecified atom stereocenters. The van der Waals surface area contributed by atoms with E-state index in [0.29, 0.717) is 30.6 Å². The van der Waals surface area contributed by atoms with Crippen LogP contribution in [0.1, 0.15) is 35.2 Å². The number of aryl methyl sites for hydroxylation is 1. The molecule has 5 heterocycles. The number of likely N-dealkylation sites (tertiary alicyclic amines) is 2. The third-order valence-corrected chi connectivity index (χ3v) is 9.83. The zero-order chi connectivity index (χ0) is 29.0. The summed E-state index contributed by atoms with van der Waals surface area (Å²) in [6.45, 7) is 12.1. The maximum atomic E-state index is 12.1. The summed E-state index contributed by atoms with van der Waals surface area (Å²) in [6, 6.07) is 15.8. The van der Waals surface area contributed by atoms with Crippen LogP contribution in [0.3, 0.4) is 0 Å². The molecule has 1 aromatic heterocycles. The van der Waals surface area contributed by atoms with Crippen molar-refractivity contribution in [3.8, 4) is 11.9 Å². The van der Waals surface area contributed by atoms with E-state index in [1.807, 2.05) is 4.90 Å². The summed E-state index contributed by atoms with van der Waals surface area (Å²) in [7, 11) is 2.14. The van der Waals surface area contributed by atoms with E-state index >= 15 is 0 Å². The number of fused-ring (bicyclic) bond motifs is 2. The van der Waals surface area contributed by atoms with Crippen LogP contribution in [-0.4, -0.2) is 79.7 Å². The predicted molar refractivity (Wildman–Crippen MR) is 165 cm³/mol. The number of carbonyl (C=O) groups is 1. The molecule has 3 fully saturated rings. The summed E-state index contributed by atoms with van der Waals surface area (Å²) in [5.74, 6) is 0.454. The van der Waals surface area contributed by atoms with Gasteiger partial charge in [0.25, 0.3) is 0 Å². The number of aromatic nitrogens is 1. The first-order valence-corrected chi connectivity index (χ1v) is 15.1. The van der Waals surface area contributed by atoms with Gasteiger partial charge in [0.2, 0.25) is 11.8 Å². The van der Waals surface area contributed by atoms with Crippen molar-refractivity contribution in [3.63, 3.8) is 0 Å². The van der Waals surface area contributed by atoms with Gasteiger partial charge in [0.15, 0.2) is 0 Å². The van der Waals surface area contributed by atoms with Gasteiger partial charge in [0.1, 0.15) is 18.2 Å². The molecule has 0 N–H and O–H groups in total. The third kappa shape index (κ3) is 4.38. The van der Waals surface area contributed by atoms with Crippen LogP contribution in [0.4, 0.5) is 11.4 Å². The number of rotatable bonds is 6. The number of hydrogen-bond acceptors (Lipinski definition) is 7. The van der Waals surface area contributed by atoms with Crippen molar-refractivity contribution in [2.75, 3.05) is 62.7 Å². The average molecular weight is 563 g/mol. The number of ether oxygens (including phenoxy) is 1. The van der Waals surface area contributed by atoms with Crippen molar-refractivity contribution < 1.29 is 9.53 Å². The first-order chi connectivity index (χ1) is 20.4. The van der Waals surface area contributed by atoms with Gasteiger partial charge in [-0.05, 0) is 62.9 Å². The van der Waals surface area contributed by atoms with Crippen molar-refractivity contribution >= 4 is 28.1 Å². The van der Waals surface area contributed by atoms with E-state index in [2.05, 4.69) is 77.7 Å². The van der Waals surface area contributed by atoms with Crippen LogP contribution in [0.2, 0.25) is 0 Å². The molecular weight excluding hydrogens is 524 g/mol. The fraction of sp³-hybridized carbons (Fsp3) is 0.441. The van der Waals surface area contributed by atoms with E-state index in [0.717, 1.165) is 63.5 Å². The first kappa shape index (κ1) is 26.8. The molecule has 8 nitrogen and oxygen atoms in total. The molecule has 0 bridgehead atoms. The Morgan fingerprint density at radius 1 is 1.17 bits per heavy atom. The Morgan fingerprint density at radius 2 is 1.95 bits per heavy atom. The Hall–Kier alpha value is -4.09. The van der Waals surface area contributed by atoms with E-state index in [1.165, 1.54) is 40.1 Å². The third-order valence-electron chi connectivity index (χ3n) is 9.83. The number of anilines is 2. The molecule has 42 heavy (non-hydrogen) atoms. The molecule has 0 radical (unpaired) electrons. The van der Waals surface area contributed by atoms with Gasteiger partial charge in [-0.1, -0.05) is 36.9 Å². The summed E-state index contributed by atoms with van der Waals surface area (Å²) in [4.78, 5) is 26.1. The van der Waals surface area contributed by atoms with Crippen molar-refractivity contribution in [1.82, 2.24) is 14.8 Å². The highest BCUT2D eigenvalue weighted by molar-refractivity contribution is 5.97. The van der Waals surface area contributed by atoms with Crippen LogP contribution in [0, 0.1) is 23.7 Å². The quantitative estimate of drug-likeness (QED) is 0.415. The van der Waals surface area contributed by atoms with Crippen molar-refractivity contribution in [1.29, 1.82) is 5.26 Å². The van der Waals surface area contributed by atoms with Gasteiger partial charge in [-0.15, -0.1) is 0 Å². The molecule has 8 heteroatoms. The van der Waals surface area contributed by atoms with Gasteiger partial charge in [0, 0.05) is 60.8 Å². The molecule has 0 saturated carbocycles. The fourth-order valence-electron chi connectivity index (χ4n) is 7.60. The Balaban J connectivity index is 1.23. The first-order valence-electron chi connectivity index (χ1n) is 15.1. The fourth-order valence-corrected chi connectivity index (χ4v) is 7.60. The van der Waals surface area contributed by atoms with Gasteiger partial charge >= 0.3 is 0 Å². The maximum absolute atomic E-state index is 12.1. The van der Waals surface area contributed by atoms with Crippen molar-refractivity contribution in [2.45, 2.75) is 38.8 Å². The lowest BCUT2D eigenvalue weighted by molar-refractivity contribution is -0.139. The summed E-state index contributed by atoms with van der Waals surface area (Å²) < 4.78 is 6.41. The van der Waals surface area contributed by atoms with Crippen LogP contribution in [0.25, 0.3) is 10.8 Å². The number of carbonyl (C=O) groups excluding carboxylic acids is 1. The zero-order valence-corrected chi connectivity index (χ0v) is 24.6. The molecule has 1 atom stereocenters. The van der Waals surface area contributed by atoms with E-state index in [4.69, 9.17) is 9.72 Å². The second-order valence-electron chi connectivity index (χ2n) is 12.6. The molecular formula is C34H38N6O2. The zero-order valence-electron chi connectivity index (χ0n) is 24.6. The molecule has 2 aromatic carbocycles. The lowest BCUT2D eigenvalue weighted by atomic mass is 9.72. The second-order valence-corrected chi connectivity index (χ2v) is 12.6. The van der Waals surface area contributed by atoms with Crippen LogP contribution < -0.4 is 14.5 Å². The Bertz CT molecular complexity index is 1610. The van der Waals surface area contributed by atoms with E-state index < -0.39 is 0 Å². The lowest BCUT2D eigenvalue weighted by Crippen LogP contribution is -2.73. The van der Waals surface area contributed by atoms with Crippen LogP contribution in [0.15, 0.2) is 49.1 Å². The van der Waals surface area contributed by atoms with Gasteiger partial charge in [-0.2, -0.15) is 5.26 Å². The molecule has 3 aromatic rings. The Labute approximate surface area is 247 Å². The maximum Gasteiger partial charge on any atom is 0.245 e. The number of nitrogens with zero attached hydrogens (tertiary/aromatic N) is 6. The number of pyridine rings is 1. The highest BCUT2D eigenvalue weighted by atomic mass is 16.5. The lowest BCUT2D eigenvalue weighted by Gasteiger charge is -2.61. The number of benzene rings is 2. The summed E-state index contributed by atoms with van der Waals surface area (Å²) >= 11 is 0. The number of nitriles is 1. The summed E-state index contributed by atoms with van der Waals surface area (Å²) in [5.41, 5.74) is 6.29. The van der Waals surface area contributed by atoms with E-state index in [1.54, 1.807) is 0 Å². The van der Waals surface area contributed by atoms with Gasteiger partial charge in [-0.25, -0.2) is 4.98 Å². The topological polar surface area (TPSA) is 75.9 Å². The minimum Gasteiger partial charge on any atom is -0.475 e. The van der Waals surface area contributed by atoms with Crippen LogP contribution >= 0.6 is 0 Å². The number of likely N-dealkylation sites (N-methyl/N-ethyl adjacent to an activating group) is 1. The molecule has 3 saturated heterocycles. The molecule has 1 spiro atoms. The minimum atomic E-state index is -0.00518. The normalized spacial score (nSPS) is 21.1. The predicted octanol–water partition coefficient (Wildman–Crippen LogP) is 4.29. The molecule has 4 aliphatic rings. The molecule has 216 valence electrons. The highest BCUT2D eigenvalue weighted by Crippen LogP contribution is 2.47. The Morgan fingerprint density at radius 3 is 2.67 bits per heavy atom. The van der Waals surface area contributed by atoms with Gasteiger partial charge in [-0.3, -0.25) is 4.79 Å². The van der Waals surface area contributed by atoms with Gasteiger partial charge < -0.3 is 24.3 Å². The van der Waals surface area contributed by atoms with Crippen molar-refractivity contribution in [3.05, 3.63) is 71.4 Å². The smallest absolute Gasteiger partial charge is 0.245 e. The largest absolute Gasteiger partial charge is 0.475 e. The monoisotopic (exact) mass is 562 g/mol. The van der Waals surface area contributed by atoms with E-state index in [9.17, 15) is 10.1 Å². The van der Waals surface area contributed by atoms with Crippen LogP contribution in [0.5, 0.6) is 5.88 Å². The SMILES string of the molecule is C=CC(=O)N1CC2(C1)CN(c1c(C#N)c(OCC3CCCN3C)nc3c1CCN(c1cccc4cccc(C)c14)C3)C2. The van der Waals surface area contributed by atoms with E-state index in [-0.39, 0.29) is 11.3 Å². The van der Waals surface area contributed by atoms with Crippen LogP contribution in [-0.2, 0) is 17.8 Å². The summed E-state index contributed by atoms with van der Waals surface area (Å²) in [6.07, 6.45) is 4.47. The molecule has 1 amide bonds. The summed E-state index contributed by atoms with van der Waals surface area (Å²) in [5, 5.41) is 13.0. The average Bonchev–Trinajstić information content (AvgIpc) is 3.37. The molecule has 7 rings (SSSR count). The number of hydrogen-bond donors (Lipinski definition) is 0. The van der Waals surface area contributed by atoms with Gasteiger partial charge in [0.05, 0.1) is 17.9 Å².